The number of nitrogens with zero attached hydrogens (tertiary/aromatic N) is 5. The zero-order valence-corrected chi connectivity index (χ0v) is 20.6. The van der Waals surface area contributed by atoms with Crippen molar-refractivity contribution in [3.05, 3.63) is 45.8 Å². The van der Waals surface area contributed by atoms with E-state index >= 15 is 0 Å². The summed E-state index contributed by atoms with van der Waals surface area (Å²) in [7, 11) is -5.01. The maximum absolute atomic E-state index is 12.7. The molecule has 0 saturated carbocycles. The highest BCUT2D eigenvalue weighted by atomic mass is 31.2. The molecule has 2 saturated heterocycles. The van der Waals surface area contributed by atoms with E-state index in [4.69, 9.17) is 24.3 Å². The van der Waals surface area contributed by atoms with E-state index in [9.17, 15) is 39.5 Å². The molecule has 20 heteroatoms. The van der Waals surface area contributed by atoms with Crippen molar-refractivity contribution in [2.75, 3.05) is 18.9 Å². The van der Waals surface area contributed by atoms with Gasteiger partial charge in [0.1, 0.15) is 48.5 Å². The number of nitrogen functional groups attached to an aromatic ring is 1. The van der Waals surface area contributed by atoms with Crippen molar-refractivity contribution >= 4 is 24.8 Å². The predicted molar refractivity (Wildman–Crippen MR) is 125 cm³/mol. The number of aromatic nitrogens is 6. The minimum atomic E-state index is -5.01. The molecule has 0 amide bonds. The topological polar surface area (TPSA) is 280 Å². The summed E-state index contributed by atoms with van der Waals surface area (Å²) >= 11 is 0. The van der Waals surface area contributed by atoms with Crippen molar-refractivity contribution in [2.45, 2.75) is 49.1 Å². The van der Waals surface area contributed by atoms with Gasteiger partial charge in [0.05, 0.1) is 19.5 Å². The Morgan fingerprint density at radius 1 is 1.05 bits per heavy atom. The molecule has 2 fully saturated rings. The first-order chi connectivity index (χ1) is 18.5. The van der Waals surface area contributed by atoms with E-state index < -0.39 is 81.4 Å². The molecule has 3 aromatic heterocycles. The highest BCUT2D eigenvalue weighted by molar-refractivity contribution is 7.47. The highest BCUT2D eigenvalue weighted by Gasteiger charge is 2.50. The summed E-state index contributed by atoms with van der Waals surface area (Å²) in [5, 5.41) is 41.2. The van der Waals surface area contributed by atoms with E-state index in [1.165, 1.54) is 17.2 Å². The minimum Gasteiger partial charge on any atom is -0.394 e. The van der Waals surface area contributed by atoms with Crippen LogP contribution in [0.3, 0.4) is 0 Å². The zero-order valence-electron chi connectivity index (χ0n) is 19.7. The number of hydrogen-bond acceptors (Lipinski definition) is 15. The van der Waals surface area contributed by atoms with Crippen molar-refractivity contribution in [3.8, 4) is 0 Å². The molecule has 5 heterocycles. The van der Waals surface area contributed by atoms with Gasteiger partial charge in [-0.25, -0.2) is 24.3 Å². The van der Waals surface area contributed by atoms with Crippen LogP contribution < -0.4 is 17.0 Å². The van der Waals surface area contributed by atoms with Crippen molar-refractivity contribution in [2.24, 2.45) is 0 Å². The maximum Gasteiger partial charge on any atom is 0.472 e. The summed E-state index contributed by atoms with van der Waals surface area (Å²) in [4.78, 5) is 47.5. The molecule has 0 aliphatic carbocycles. The number of imidazole rings is 1. The molecular formula is C19H24N7O12P. The quantitative estimate of drug-likeness (QED) is 0.128. The van der Waals surface area contributed by atoms with Crippen molar-refractivity contribution in [3.63, 3.8) is 0 Å². The third-order valence-corrected chi connectivity index (χ3v) is 7.26. The van der Waals surface area contributed by atoms with Gasteiger partial charge in [0.25, 0.3) is 5.56 Å². The highest BCUT2D eigenvalue weighted by Crippen LogP contribution is 2.49. The lowest BCUT2D eigenvalue weighted by Crippen LogP contribution is -2.37. The van der Waals surface area contributed by atoms with Crippen LogP contribution in [0.5, 0.6) is 0 Å². The fraction of sp³-hybridized carbons (Fsp3) is 0.526. The second-order valence-corrected chi connectivity index (χ2v) is 10.1. The number of nitrogens with two attached hydrogens (primary N) is 1. The van der Waals surface area contributed by atoms with Gasteiger partial charge in [-0.05, 0) is 0 Å². The smallest absolute Gasteiger partial charge is 0.394 e. The molecule has 212 valence electrons. The average Bonchev–Trinajstić information content (AvgIpc) is 3.53. The summed E-state index contributed by atoms with van der Waals surface area (Å²) in [6.07, 6.45) is -8.42. The molecule has 0 aromatic carbocycles. The summed E-state index contributed by atoms with van der Waals surface area (Å²) in [6, 6.07) is 0.998. The zero-order chi connectivity index (χ0) is 28.1. The number of rotatable bonds is 8. The molecule has 5 rings (SSSR count). The number of aliphatic hydroxyl groups excluding tert-OH is 4. The van der Waals surface area contributed by atoms with Gasteiger partial charge in [-0.2, -0.15) is 0 Å². The normalized spacial score (nSPS) is 32.5. The Balaban J connectivity index is 1.26. The number of phosphoric acid groups is 1. The van der Waals surface area contributed by atoms with Crippen molar-refractivity contribution < 1.29 is 48.4 Å². The van der Waals surface area contributed by atoms with Gasteiger partial charge < -0.3 is 40.5 Å². The summed E-state index contributed by atoms with van der Waals surface area (Å²) < 4.78 is 35.9. The molecule has 9 atom stereocenters. The molecule has 8 N–H and O–H groups in total. The molecule has 39 heavy (non-hydrogen) atoms. The van der Waals surface area contributed by atoms with E-state index in [2.05, 4.69) is 15.0 Å². The molecule has 0 spiro atoms. The third-order valence-electron chi connectivity index (χ3n) is 6.27. The van der Waals surface area contributed by atoms with Gasteiger partial charge in [-0.1, -0.05) is 0 Å². The lowest BCUT2D eigenvalue weighted by molar-refractivity contribution is -0.0610. The van der Waals surface area contributed by atoms with Crippen LogP contribution in [0.2, 0.25) is 0 Å². The van der Waals surface area contributed by atoms with E-state index in [1.54, 1.807) is 0 Å². The summed E-state index contributed by atoms with van der Waals surface area (Å²) in [5.74, 6) is 0.0695. The SMILES string of the molecule is Nc1ncnc2c1ncn2[C@@H]1O[C@H](CO)[C@@H](OP(=O)(O)OC[C@H]2O[C@@H](n3ccc(=O)[nH]c3=O)[C@H](O)[C@@H]2O)[C@H]1O. The first kappa shape index (κ1) is 27.5. The molecule has 3 aromatic rings. The van der Waals surface area contributed by atoms with Gasteiger partial charge in [0.2, 0.25) is 0 Å². The molecule has 2 aliphatic rings. The minimum absolute atomic E-state index is 0.0695. The second kappa shape index (κ2) is 10.5. The van der Waals surface area contributed by atoms with E-state index in [0.717, 1.165) is 16.8 Å². The standard InChI is InChI=1S/C19H24N7O12P/c20-15-10-16(22-5-21-15)26(6-23-10)18-13(31)14(7(3-27)36-18)38-39(33,34)35-4-8-11(29)12(30)17(37-8)25-2-1-9(28)24-19(25)32/h1-2,5-8,11-14,17-18,27,29-31H,3-4H2,(H,33,34)(H2,20,21,22)(H,24,28,32)/t7-,8-,11-,12-,13-,14-,17-,18-/m1/s1. The lowest BCUT2D eigenvalue weighted by Gasteiger charge is -2.23. The molecule has 19 nitrogen and oxygen atoms in total. The number of fused-ring (bicyclic) bond motifs is 1. The van der Waals surface area contributed by atoms with Gasteiger partial charge >= 0.3 is 13.5 Å². The van der Waals surface area contributed by atoms with Gasteiger partial charge in [-0.3, -0.25) is 28.0 Å². The van der Waals surface area contributed by atoms with Crippen LogP contribution in [0.15, 0.2) is 34.5 Å². The first-order valence-electron chi connectivity index (χ1n) is 11.4. The Labute approximate surface area is 216 Å². The Morgan fingerprint density at radius 3 is 2.49 bits per heavy atom. The van der Waals surface area contributed by atoms with Crippen LogP contribution in [0.25, 0.3) is 11.2 Å². The summed E-state index contributed by atoms with van der Waals surface area (Å²) in [6.45, 7) is -1.51. The number of hydrogen-bond donors (Lipinski definition) is 7. The van der Waals surface area contributed by atoms with Crippen LogP contribution >= 0.6 is 7.82 Å². The molecule has 0 bridgehead atoms. The Morgan fingerprint density at radius 2 is 1.77 bits per heavy atom. The van der Waals surface area contributed by atoms with Crippen LogP contribution in [0.1, 0.15) is 12.5 Å². The Bertz CT molecular complexity index is 1510. The number of nitrogens with one attached hydrogen (secondary N) is 1. The average molecular weight is 573 g/mol. The summed E-state index contributed by atoms with van der Waals surface area (Å²) in [5.41, 5.74) is 4.56. The lowest BCUT2D eigenvalue weighted by atomic mass is 10.1. The number of ether oxygens (including phenoxy) is 2. The fourth-order valence-electron chi connectivity index (χ4n) is 4.36. The molecular weight excluding hydrogens is 549 g/mol. The monoisotopic (exact) mass is 573 g/mol. The van der Waals surface area contributed by atoms with Crippen molar-refractivity contribution in [1.82, 2.24) is 29.1 Å². The Kier molecular flexibility index (Phi) is 7.37. The van der Waals surface area contributed by atoms with Crippen LogP contribution in [0.4, 0.5) is 5.82 Å². The third kappa shape index (κ3) is 5.12. The van der Waals surface area contributed by atoms with E-state index in [0.29, 0.717) is 0 Å². The molecule has 2 aliphatic heterocycles. The van der Waals surface area contributed by atoms with E-state index in [-0.39, 0.29) is 17.0 Å². The molecule has 0 radical (unpaired) electrons. The second-order valence-electron chi connectivity index (χ2n) is 8.72. The van der Waals surface area contributed by atoms with Crippen LogP contribution in [0, 0.1) is 0 Å². The van der Waals surface area contributed by atoms with Crippen LogP contribution in [-0.4, -0.2) is 104 Å². The van der Waals surface area contributed by atoms with Gasteiger partial charge in [-0.15, -0.1) is 0 Å². The maximum atomic E-state index is 12.7. The Hall–Kier alpha value is -3.10. The van der Waals surface area contributed by atoms with E-state index in [1.807, 2.05) is 4.98 Å². The molecule has 1 unspecified atom stereocenters. The van der Waals surface area contributed by atoms with Crippen molar-refractivity contribution in [1.29, 1.82) is 0 Å². The predicted octanol–water partition coefficient (Wildman–Crippen LogP) is -3.67. The number of anilines is 1. The number of aromatic amines is 1. The fourth-order valence-corrected chi connectivity index (χ4v) is 5.32. The first-order valence-corrected chi connectivity index (χ1v) is 12.9. The number of phosphoric ester groups is 1. The number of aliphatic hydroxyl groups is 4. The van der Waals surface area contributed by atoms with Gasteiger partial charge in [0.15, 0.2) is 23.9 Å². The largest absolute Gasteiger partial charge is 0.472 e. The number of H-pyrrole nitrogens is 1. The van der Waals surface area contributed by atoms with Gasteiger partial charge in [0, 0.05) is 12.3 Å². The van der Waals surface area contributed by atoms with Crippen LogP contribution in [-0.2, 0) is 23.1 Å².